The number of benzene rings is 1. The third kappa shape index (κ3) is 3.69. The molecular formula is C16H12ClN3O4. The topological polar surface area (TPSA) is 94.3 Å². The van der Waals surface area contributed by atoms with E-state index in [4.69, 9.17) is 16.3 Å². The highest BCUT2D eigenvalue weighted by Gasteiger charge is 2.20. The number of halogens is 1. The predicted octanol–water partition coefficient (Wildman–Crippen LogP) is 2.03. The van der Waals surface area contributed by atoms with Crippen LogP contribution < -0.4 is 4.74 Å². The molecule has 1 aliphatic rings. The molecule has 2 aromatic rings. The highest BCUT2D eigenvalue weighted by Crippen LogP contribution is 2.17. The molecule has 0 atom stereocenters. The van der Waals surface area contributed by atoms with Crippen molar-refractivity contribution in [2.75, 3.05) is 0 Å². The lowest BCUT2D eigenvalue weighted by Crippen LogP contribution is -2.17. The van der Waals surface area contributed by atoms with Crippen LogP contribution >= 0.6 is 11.6 Å². The van der Waals surface area contributed by atoms with E-state index in [1.807, 2.05) is 0 Å². The van der Waals surface area contributed by atoms with Gasteiger partial charge in [0, 0.05) is 16.7 Å². The van der Waals surface area contributed by atoms with Gasteiger partial charge in [-0.3, -0.25) is 9.59 Å². The number of hydrogen-bond donors (Lipinski definition) is 1. The number of aliphatic hydroxyl groups is 1. The van der Waals surface area contributed by atoms with Crippen LogP contribution in [0.25, 0.3) is 0 Å². The highest BCUT2D eigenvalue weighted by atomic mass is 35.5. The van der Waals surface area contributed by atoms with Gasteiger partial charge in [0.2, 0.25) is 11.6 Å². The van der Waals surface area contributed by atoms with Crippen molar-refractivity contribution in [2.45, 2.75) is 13.2 Å². The Morgan fingerprint density at radius 1 is 1.12 bits per heavy atom. The van der Waals surface area contributed by atoms with Gasteiger partial charge in [0.25, 0.3) is 0 Å². The van der Waals surface area contributed by atoms with Gasteiger partial charge in [0.05, 0.1) is 12.7 Å². The Balaban J connectivity index is 1.62. The fourth-order valence-corrected chi connectivity index (χ4v) is 2.19. The van der Waals surface area contributed by atoms with E-state index < -0.39 is 11.6 Å². The van der Waals surface area contributed by atoms with Crippen molar-refractivity contribution in [3.63, 3.8) is 0 Å². The molecule has 0 amide bonds. The fourth-order valence-electron chi connectivity index (χ4n) is 2.06. The van der Waals surface area contributed by atoms with E-state index in [0.29, 0.717) is 22.0 Å². The summed E-state index contributed by atoms with van der Waals surface area (Å²) < 4.78 is 7.00. The molecule has 1 heterocycles. The summed E-state index contributed by atoms with van der Waals surface area (Å²) in [6.45, 7) is 0.329. The summed E-state index contributed by atoms with van der Waals surface area (Å²) in [5.41, 5.74) is 0.877. The summed E-state index contributed by atoms with van der Waals surface area (Å²) in [4.78, 5) is 22.5. The number of ether oxygens (including phenoxy) is 1. The molecule has 0 saturated carbocycles. The molecule has 1 aromatic heterocycles. The van der Waals surface area contributed by atoms with Gasteiger partial charge in [-0.25, -0.2) is 4.68 Å². The number of aliphatic hydroxyl groups excluding tert-OH is 1. The van der Waals surface area contributed by atoms with E-state index in [2.05, 4.69) is 10.3 Å². The molecule has 1 N–H and O–H groups in total. The van der Waals surface area contributed by atoms with Gasteiger partial charge in [-0.05, 0) is 30.3 Å². The van der Waals surface area contributed by atoms with Crippen LogP contribution in [0.2, 0.25) is 5.02 Å². The first-order chi connectivity index (χ1) is 11.5. The number of carbonyl (C=O) groups excluding carboxylic acids is 2. The molecular weight excluding hydrogens is 334 g/mol. The van der Waals surface area contributed by atoms with Crippen molar-refractivity contribution in [2.24, 2.45) is 0 Å². The van der Waals surface area contributed by atoms with Crippen LogP contribution in [0.3, 0.4) is 0 Å². The van der Waals surface area contributed by atoms with Gasteiger partial charge >= 0.3 is 0 Å². The number of rotatable bonds is 5. The fraction of sp³-hybridized carbons (Fsp3) is 0.125. The lowest BCUT2D eigenvalue weighted by Gasteiger charge is -2.09. The number of carbonyl (C=O) groups is 2. The van der Waals surface area contributed by atoms with Crippen molar-refractivity contribution in [3.05, 3.63) is 64.7 Å². The third-order valence-corrected chi connectivity index (χ3v) is 3.52. The molecule has 7 nitrogen and oxygen atoms in total. The largest absolute Gasteiger partial charge is 0.507 e. The minimum absolute atomic E-state index is 0.120. The van der Waals surface area contributed by atoms with Crippen molar-refractivity contribution in [1.29, 1.82) is 0 Å². The Bertz CT molecular complexity index is 852. The van der Waals surface area contributed by atoms with Crippen LogP contribution in [0.15, 0.2) is 53.9 Å². The van der Waals surface area contributed by atoms with Crippen LogP contribution in [0, 0.1) is 0 Å². The van der Waals surface area contributed by atoms with Crippen LogP contribution in [0.1, 0.15) is 5.69 Å². The minimum atomic E-state index is -0.744. The molecule has 1 aromatic carbocycles. The van der Waals surface area contributed by atoms with Crippen LogP contribution in [-0.2, 0) is 22.7 Å². The van der Waals surface area contributed by atoms with Crippen molar-refractivity contribution >= 4 is 23.2 Å². The monoisotopic (exact) mass is 345 g/mol. The first-order valence-electron chi connectivity index (χ1n) is 6.98. The Morgan fingerprint density at radius 3 is 2.58 bits per heavy atom. The standard InChI is InChI=1S/C16H12ClN3O4/c17-11-1-3-13(4-2-11)24-9-12-8-20(19-18-12)7-10-5-15(22)16(23)6-14(10)21/h1-6,8,21H,7,9H2. The van der Waals surface area contributed by atoms with E-state index in [1.165, 1.54) is 4.68 Å². The number of aromatic nitrogens is 3. The second-order valence-corrected chi connectivity index (χ2v) is 5.51. The van der Waals surface area contributed by atoms with Crippen molar-refractivity contribution < 1.29 is 19.4 Å². The van der Waals surface area contributed by atoms with E-state index >= 15 is 0 Å². The summed E-state index contributed by atoms with van der Waals surface area (Å²) in [5.74, 6) is -1.01. The summed E-state index contributed by atoms with van der Waals surface area (Å²) in [6, 6.07) is 6.92. The Hall–Kier alpha value is -2.93. The van der Waals surface area contributed by atoms with Crippen LogP contribution in [0.5, 0.6) is 5.75 Å². The zero-order valence-electron chi connectivity index (χ0n) is 12.3. The number of ketones is 2. The highest BCUT2D eigenvalue weighted by molar-refractivity contribution is 6.46. The normalized spacial score (nSPS) is 14.4. The lowest BCUT2D eigenvalue weighted by atomic mass is 10.0. The zero-order valence-corrected chi connectivity index (χ0v) is 13.1. The zero-order chi connectivity index (χ0) is 17.1. The average Bonchev–Trinajstić information content (AvgIpc) is 3.00. The smallest absolute Gasteiger partial charge is 0.229 e. The SMILES string of the molecule is O=C1C=C(O)C(Cn2cc(COc3ccc(Cl)cc3)nn2)=CC1=O. The molecule has 1 aliphatic carbocycles. The van der Waals surface area contributed by atoms with Gasteiger partial charge < -0.3 is 9.84 Å². The van der Waals surface area contributed by atoms with Crippen LogP contribution in [-0.4, -0.2) is 31.7 Å². The second kappa shape index (κ2) is 6.67. The quantitative estimate of drug-likeness (QED) is 0.658. The van der Waals surface area contributed by atoms with Crippen LogP contribution in [0.4, 0.5) is 0 Å². The summed E-state index contributed by atoms with van der Waals surface area (Å²) in [5, 5.41) is 18.2. The summed E-state index contributed by atoms with van der Waals surface area (Å²) in [7, 11) is 0. The number of nitrogens with zero attached hydrogens (tertiary/aromatic N) is 3. The number of allylic oxidation sites excluding steroid dienone is 3. The van der Waals surface area contributed by atoms with E-state index in [0.717, 1.165) is 12.2 Å². The van der Waals surface area contributed by atoms with E-state index in [9.17, 15) is 14.7 Å². The van der Waals surface area contributed by atoms with Gasteiger partial charge in [-0.15, -0.1) is 5.10 Å². The molecule has 0 bridgehead atoms. The molecule has 0 fully saturated rings. The van der Waals surface area contributed by atoms with Crippen molar-refractivity contribution in [3.8, 4) is 5.75 Å². The van der Waals surface area contributed by atoms with Gasteiger partial charge in [-0.2, -0.15) is 0 Å². The maximum absolute atomic E-state index is 11.4. The molecule has 24 heavy (non-hydrogen) atoms. The Morgan fingerprint density at radius 2 is 1.83 bits per heavy atom. The second-order valence-electron chi connectivity index (χ2n) is 5.08. The maximum atomic E-state index is 11.4. The minimum Gasteiger partial charge on any atom is -0.507 e. The molecule has 0 unspecified atom stereocenters. The summed E-state index contributed by atoms with van der Waals surface area (Å²) >= 11 is 5.80. The summed E-state index contributed by atoms with van der Waals surface area (Å²) in [6.07, 6.45) is 3.63. The lowest BCUT2D eigenvalue weighted by molar-refractivity contribution is -0.131. The van der Waals surface area contributed by atoms with Gasteiger partial charge in [0.15, 0.2) is 0 Å². The predicted molar refractivity (Wildman–Crippen MR) is 84.6 cm³/mol. The average molecular weight is 346 g/mol. The molecule has 8 heteroatoms. The molecule has 3 rings (SSSR count). The van der Waals surface area contributed by atoms with Crippen molar-refractivity contribution in [1.82, 2.24) is 15.0 Å². The van der Waals surface area contributed by atoms with Gasteiger partial charge in [0.1, 0.15) is 23.8 Å². The molecule has 0 spiro atoms. The van der Waals surface area contributed by atoms with E-state index in [1.54, 1.807) is 30.5 Å². The Kier molecular flexibility index (Phi) is 4.43. The van der Waals surface area contributed by atoms with Gasteiger partial charge in [-0.1, -0.05) is 16.8 Å². The molecule has 0 saturated heterocycles. The Labute approximate surface area is 141 Å². The van der Waals surface area contributed by atoms with E-state index in [-0.39, 0.29) is 18.9 Å². The molecule has 0 aliphatic heterocycles. The maximum Gasteiger partial charge on any atom is 0.229 e. The first-order valence-corrected chi connectivity index (χ1v) is 7.36. The third-order valence-electron chi connectivity index (χ3n) is 3.26. The molecule has 0 radical (unpaired) electrons. The number of hydrogen-bond acceptors (Lipinski definition) is 6. The molecule has 122 valence electrons. The first kappa shape index (κ1) is 15.9.